The number of halogens is 6. The number of hydroxylamine groups is 2. The van der Waals surface area contributed by atoms with Gasteiger partial charge in [-0.2, -0.15) is 43.2 Å². The molecule has 2 aromatic carbocycles. The van der Waals surface area contributed by atoms with Gasteiger partial charge in [-0.25, -0.2) is 0 Å². The van der Waals surface area contributed by atoms with Crippen LogP contribution in [-0.4, -0.2) is 39.2 Å². The van der Waals surface area contributed by atoms with Crippen molar-refractivity contribution < 1.29 is 61.2 Å². The number of rotatable bonds is 5. The third-order valence-electron chi connectivity index (χ3n) is 3.96. The molecule has 0 aliphatic carbocycles. The third-order valence-corrected chi connectivity index (χ3v) is 6.16. The highest BCUT2D eigenvalue weighted by Gasteiger charge is 2.53. The van der Waals surface area contributed by atoms with E-state index in [1.165, 1.54) is 0 Å². The molecule has 0 aromatic heterocycles. The molecule has 0 N–H and O–H groups in total. The van der Waals surface area contributed by atoms with Crippen molar-refractivity contribution >= 4 is 32.1 Å². The molecule has 1 aliphatic rings. The fraction of sp³-hybridized carbons (Fsp3) is 0.125. The number of nitrogens with zero attached hydrogens (tertiary/aromatic N) is 1. The zero-order chi connectivity index (χ0) is 25.0. The van der Waals surface area contributed by atoms with Crippen LogP contribution < -0.4 is 4.18 Å². The van der Waals surface area contributed by atoms with Crippen LogP contribution in [0.1, 0.15) is 26.3 Å². The molecule has 1 heterocycles. The maximum absolute atomic E-state index is 13.2. The van der Waals surface area contributed by atoms with Gasteiger partial charge in [0.2, 0.25) is 0 Å². The van der Waals surface area contributed by atoms with Crippen molar-refractivity contribution in [2.75, 3.05) is 0 Å². The number of carbonyl (C=O) groups is 2. The van der Waals surface area contributed by atoms with E-state index >= 15 is 0 Å². The van der Waals surface area contributed by atoms with E-state index in [2.05, 4.69) is 8.47 Å². The van der Waals surface area contributed by atoms with E-state index < -0.39 is 76.1 Å². The highest BCUT2D eigenvalue weighted by Crippen LogP contribution is 2.38. The van der Waals surface area contributed by atoms with Crippen molar-refractivity contribution in [3.05, 3.63) is 59.2 Å². The van der Waals surface area contributed by atoms with E-state index in [0.717, 1.165) is 24.3 Å². The number of fused-ring (bicyclic) bond motifs is 1. The molecule has 0 radical (unpaired) electrons. The summed E-state index contributed by atoms with van der Waals surface area (Å²) in [6.07, 6.45) is -5.13. The Hall–Kier alpha value is -3.18. The smallest absolute Gasteiger partial charge is 0.378 e. The highest BCUT2D eigenvalue weighted by atomic mass is 32.2. The minimum atomic E-state index is -6.48. The first-order chi connectivity index (χ1) is 15.0. The number of amides is 2. The molecule has 9 nitrogen and oxygen atoms in total. The Kier molecular flexibility index (Phi) is 5.71. The zero-order valence-corrected chi connectivity index (χ0v) is 17.0. The van der Waals surface area contributed by atoms with Gasteiger partial charge in [0, 0.05) is 0 Å². The summed E-state index contributed by atoms with van der Waals surface area (Å²) in [7, 11) is -11.8. The van der Waals surface area contributed by atoms with Gasteiger partial charge in [0.1, 0.15) is 4.90 Å². The lowest BCUT2D eigenvalue weighted by molar-refractivity contribution is -0.140. The van der Waals surface area contributed by atoms with Gasteiger partial charge in [-0.15, -0.1) is 9.35 Å². The zero-order valence-electron chi connectivity index (χ0n) is 15.3. The summed E-state index contributed by atoms with van der Waals surface area (Å²) in [5, 5.41) is -0.795. The summed E-state index contributed by atoms with van der Waals surface area (Å²) >= 11 is 0. The van der Waals surface area contributed by atoms with Gasteiger partial charge in [-0.1, -0.05) is 18.2 Å². The Morgan fingerprint density at radius 2 is 1.39 bits per heavy atom. The van der Waals surface area contributed by atoms with Crippen LogP contribution in [0, 0.1) is 0 Å². The Morgan fingerprint density at radius 3 is 1.97 bits per heavy atom. The molecule has 0 unspecified atom stereocenters. The van der Waals surface area contributed by atoms with Crippen LogP contribution in [0.5, 0.6) is 5.75 Å². The van der Waals surface area contributed by atoms with Gasteiger partial charge in [-0.3, -0.25) is 9.59 Å². The van der Waals surface area contributed by atoms with Crippen LogP contribution in [0.4, 0.5) is 26.3 Å². The van der Waals surface area contributed by atoms with Crippen LogP contribution in [-0.2, 0) is 30.7 Å². The Balaban J connectivity index is 2.04. The molecule has 2 aromatic rings. The van der Waals surface area contributed by atoms with E-state index in [-0.39, 0.29) is 0 Å². The second kappa shape index (κ2) is 7.70. The molecule has 2 amide bonds. The molecule has 1 aliphatic heterocycles. The highest BCUT2D eigenvalue weighted by molar-refractivity contribution is 7.87. The first kappa shape index (κ1) is 24.5. The van der Waals surface area contributed by atoms with Gasteiger partial charge in [0.05, 0.1) is 16.7 Å². The summed E-state index contributed by atoms with van der Waals surface area (Å²) < 4.78 is 132. The number of alkyl halides is 6. The number of hydrogen-bond acceptors (Lipinski definition) is 8. The predicted octanol–water partition coefficient (Wildman–Crippen LogP) is 2.85. The summed E-state index contributed by atoms with van der Waals surface area (Å²) in [6, 6.07) is 5.18. The van der Waals surface area contributed by atoms with Crippen LogP contribution in [0.3, 0.4) is 0 Å². The fourth-order valence-corrected chi connectivity index (χ4v) is 4.17. The second-order valence-electron chi connectivity index (χ2n) is 6.09. The molecular weight excluding hydrogens is 512 g/mol. The number of imide groups is 1. The van der Waals surface area contributed by atoms with E-state index in [0.29, 0.717) is 18.2 Å². The molecule has 3 rings (SSSR count). The average Bonchev–Trinajstić information content (AvgIpc) is 2.92. The molecule has 0 saturated heterocycles. The molecule has 178 valence electrons. The van der Waals surface area contributed by atoms with Crippen LogP contribution in [0.2, 0.25) is 0 Å². The molecule has 17 heteroatoms. The summed E-state index contributed by atoms with van der Waals surface area (Å²) in [5.74, 6) is -4.64. The fourth-order valence-electron chi connectivity index (χ4n) is 2.59. The standard InChI is InChI=1S/C16H7F6NO8S2/c17-15(18,19)9-5-1-2-7-11(9)32(26,27)30-10-6-3-4-8-12(10)14(25)23(13(8)24)31-33(28,29)16(20,21)22/h1-7H. The van der Waals surface area contributed by atoms with E-state index in [1.54, 1.807) is 0 Å². The topological polar surface area (TPSA) is 124 Å². The Bertz CT molecular complexity index is 1370. The normalized spacial score (nSPS) is 15.0. The van der Waals surface area contributed by atoms with Crippen LogP contribution >= 0.6 is 0 Å². The van der Waals surface area contributed by atoms with Gasteiger partial charge in [0.25, 0.3) is 11.8 Å². The Labute approximate surface area is 180 Å². The van der Waals surface area contributed by atoms with Gasteiger partial charge < -0.3 is 4.18 Å². The first-order valence-corrected chi connectivity index (χ1v) is 10.9. The maximum atomic E-state index is 13.2. The predicted molar refractivity (Wildman–Crippen MR) is 92.3 cm³/mol. The van der Waals surface area contributed by atoms with Crippen molar-refractivity contribution in [3.8, 4) is 5.75 Å². The molecule has 0 spiro atoms. The lowest BCUT2D eigenvalue weighted by Crippen LogP contribution is -2.38. The second-order valence-corrected chi connectivity index (χ2v) is 9.12. The van der Waals surface area contributed by atoms with Gasteiger partial charge in [-0.05, 0) is 24.3 Å². The minimum Gasteiger partial charge on any atom is -0.378 e. The van der Waals surface area contributed by atoms with Crippen LogP contribution in [0.25, 0.3) is 0 Å². The first-order valence-electron chi connectivity index (χ1n) is 8.11. The molecule has 33 heavy (non-hydrogen) atoms. The maximum Gasteiger partial charge on any atom is 0.525 e. The SMILES string of the molecule is O=C1c2cccc(OS(=O)(=O)c3ccccc3C(F)(F)F)c2C(=O)N1OS(=O)(=O)C(F)(F)F. The molecule has 0 atom stereocenters. The van der Waals surface area contributed by atoms with E-state index in [1.807, 2.05) is 0 Å². The number of hydrogen-bond donors (Lipinski definition) is 0. The van der Waals surface area contributed by atoms with E-state index in [4.69, 9.17) is 0 Å². The summed E-state index contributed by atoms with van der Waals surface area (Å²) in [5.41, 5.74) is -9.52. The quantitative estimate of drug-likeness (QED) is 0.256. The van der Waals surface area contributed by atoms with Gasteiger partial charge >= 0.3 is 31.9 Å². The third kappa shape index (κ3) is 4.38. The Morgan fingerprint density at radius 1 is 0.788 bits per heavy atom. The molecular formula is C16H7F6NO8S2. The van der Waals surface area contributed by atoms with Crippen LogP contribution in [0.15, 0.2) is 47.4 Å². The lowest BCUT2D eigenvalue weighted by atomic mass is 10.1. The van der Waals surface area contributed by atoms with Crippen molar-refractivity contribution in [2.24, 2.45) is 0 Å². The van der Waals surface area contributed by atoms with Crippen molar-refractivity contribution in [3.63, 3.8) is 0 Å². The number of carbonyl (C=O) groups excluding carboxylic acids is 2. The largest absolute Gasteiger partial charge is 0.525 e. The van der Waals surface area contributed by atoms with Crippen molar-refractivity contribution in [1.29, 1.82) is 0 Å². The monoisotopic (exact) mass is 519 g/mol. The molecule has 0 saturated carbocycles. The van der Waals surface area contributed by atoms with Crippen molar-refractivity contribution in [2.45, 2.75) is 16.6 Å². The lowest BCUT2D eigenvalue weighted by Gasteiger charge is -2.15. The van der Waals surface area contributed by atoms with Gasteiger partial charge in [0.15, 0.2) is 5.75 Å². The summed E-state index contributed by atoms with van der Waals surface area (Å²) in [6.45, 7) is 0. The minimum absolute atomic E-state index is 0.428. The molecule has 0 bridgehead atoms. The van der Waals surface area contributed by atoms with E-state index in [9.17, 15) is 52.8 Å². The van der Waals surface area contributed by atoms with Crippen molar-refractivity contribution in [1.82, 2.24) is 5.06 Å². The molecule has 0 fully saturated rings. The average molecular weight is 519 g/mol. The number of benzene rings is 2. The summed E-state index contributed by atoms with van der Waals surface area (Å²) in [4.78, 5) is 23.2.